The number of nitrogens with zero attached hydrogens (tertiary/aromatic N) is 1. The quantitative estimate of drug-likeness (QED) is 0.358. The van der Waals surface area contributed by atoms with Crippen LogP contribution in [0.2, 0.25) is 0 Å². The molecule has 0 aliphatic carbocycles. The van der Waals surface area contributed by atoms with Gasteiger partial charge < -0.3 is 20.3 Å². The number of aliphatic hydroxyl groups excluding tert-OH is 1. The Hall–Kier alpha value is -3.03. The van der Waals surface area contributed by atoms with Gasteiger partial charge in [-0.2, -0.15) is 0 Å². The van der Waals surface area contributed by atoms with Crippen LogP contribution in [-0.2, 0) is 6.54 Å². The van der Waals surface area contributed by atoms with E-state index in [0.717, 1.165) is 16.0 Å². The average molecular weight is 508 g/mol. The second-order valence-corrected chi connectivity index (χ2v) is 12.1. The predicted molar refractivity (Wildman–Crippen MR) is 147 cm³/mol. The molecule has 0 spiro atoms. The van der Waals surface area contributed by atoms with E-state index in [1.807, 2.05) is 101 Å². The Balaban J connectivity index is 1.75. The Bertz CT molecular complexity index is 1190. The SMILES string of the molecule is CC(C)(C)NC(=O)c1ccccc1SCC(O)Cn1cc(C(=O)NC(C)(C)C)c(-c2ccccc2)c1. The number of rotatable bonds is 8. The molecule has 1 heterocycles. The first-order valence-electron chi connectivity index (χ1n) is 12.1. The van der Waals surface area contributed by atoms with Crippen molar-refractivity contribution in [1.82, 2.24) is 15.2 Å². The van der Waals surface area contributed by atoms with E-state index in [4.69, 9.17) is 0 Å². The van der Waals surface area contributed by atoms with Crippen molar-refractivity contribution >= 4 is 23.6 Å². The van der Waals surface area contributed by atoms with Gasteiger partial charge in [-0.25, -0.2) is 0 Å². The van der Waals surface area contributed by atoms with E-state index in [1.165, 1.54) is 11.8 Å². The van der Waals surface area contributed by atoms with Gasteiger partial charge in [-0.15, -0.1) is 11.8 Å². The lowest BCUT2D eigenvalue weighted by atomic mass is 10.0. The summed E-state index contributed by atoms with van der Waals surface area (Å²) in [5, 5.41) is 16.9. The molecule has 0 aliphatic rings. The molecule has 3 N–H and O–H groups in total. The fraction of sp³-hybridized carbons (Fsp3) is 0.379. The number of aliphatic hydroxyl groups is 1. The van der Waals surface area contributed by atoms with Gasteiger partial charge >= 0.3 is 0 Å². The molecule has 1 atom stereocenters. The molecule has 0 fully saturated rings. The van der Waals surface area contributed by atoms with E-state index in [1.54, 1.807) is 12.3 Å². The largest absolute Gasteiger partial charge is 0.390 e. The summed E-state index contributed by atoms with van der Waals surface area (Å²) >= 11 is 1.45. The van der Waals surface area contributed by atoms with Crippen molar-refractivity contribution in [2.45, 2.75) is 70.2 Å². The molecule has 0 bridgehead atoms. The number of amides is 2. The van der Waals surface area contributed by atoms with E-state index in [0.29, 0.717) is 23.4 Å². The van der Waals surface area contributed by atoms with E-state index < -0.39 is 6.10 Å². The van der Waals surface area contributed by atoms with Crippen LogP contribution in [0.5, 0.6) is 0 Å². The molecule has 36 heavy (non-hydrogen) atoms. The lowest BCUT2D eigenvalue weighted by Crippen LogP contribution is -2.40. The molecule has 0 saturated carbocycles. The Kier molecular flexibility index (Phi) is 8.69. The molecule has 0 aliphatic heterocycles. The highest BCUT2D eigenvalue weighted by molar-refractivity contribution is 7.99. The highest BCUT2D eigenvalue weighted by atomic mass is 32.2. The average Bonchev–Trinajstić information content (AvgIpc) is 3.20. The van der Waals surface area contributed by atoms with Crippen LogP contribution < -0.4 is 10.6 Å². The minimum Gasteiger partial charge on any atom is -0.390 e. The van der Waals surface area contributed by atoms with Gasteiger partial charge in [0.1, 0.15) is 0 Å². The van der Waals surface area contributed by atoms with Gasteiger partial charge in [-0.3, -0.25) is 9.59 Å². The normalized spacial score (nSPS) is 12.8. The van der Waals surface area contributed by atoms with Crippen LogP contribution in [0.25, 0.3) is 11.1 Å². The highest BCUT2D eigenvalue weighted by Crippen LogP contribution is 2.27. The molecular formula is C29H37N3O3S. The van der Waals surface area contributed by atoms with E-state index in [-0.39, 0.29) is 22.9 Å². The summed E-state index contributed by atoms with van der Waals surface area (Å²) < 4.78 is 1.86. The smallest absolute Gasteiger partial charge is 0.253 e. The maximum absolute atomic E-state index is 13.0. The van der Waals surface area contributed by atoms with Crippen LogP contribution >= 0.6 is 11.8 Å². The van der Waals surface area contributed by atoms with Gasteiger partial charge in [0.2, 0.25) is 0 Å². The Morgan fingerprint density at radius 2 is 1.39 bits per heavy atom. The fourth-order valence-corrected chi connectivity index (χ4v) is 4.69. The van der Waals surface area contributed by atoms with Crippen molar-refractivity contribution in [1.29, 1.82) is 0 Å². The van der Waals surface area contributed by atoms with Crippen molar-refractivity contribution < 1.29 is 14.7 Å². The zero-order chi connectivity index (χ0) is 26.5. The molecule has 1 unspecified atom stereocenters. The van der Waals surface area contributed by atoms with Crippen LogP contribution in [0.4, 0.5) is 0 Å². The van der Waals surface area contributed by atoms with Gasteiger partial charge in [0.15, 0.2) is 0 Å². The molecule has 3 aromatic rings. The summed E-state index contributed by atoms with van der Waals surface area (Å²) in [6.45, 7) is 12.0. The van der Waals surface area contributed by atoms with Gasteiger partial charge in [-0.1, -0.05) is 42.5 Å². The zero-order valence-corrected chi connectivity index (χ0v) is 22.8. The van der Waals surface area contributed by atoms with Crippen molar-refractivity contribution in [2.75, 3.05) is 5.75 Å². The monoisotopic (exact) mass is 507 g/mol. The molecule has 7 heteroatoms. The second kappa shape index (κ2) is 11.4. The molecule has 0 radical (unpaired) electrons. The number of aromatic nitrogens is 1. The summed E-state index contributed by atoms with van der Waals surface area (Å²) in [5.41, 5.74) is 2.23. The Morgan fingerprint density at radius 3 is 2.00 bits per heavy atom. The van der Waals surface area contributed by atoms with E-state index in [2.05, 4.69) is 10.6 Å². The van der Waals surface area contributed by atoms with E-state index in [9.17, 15) is 14.7 Å². The van der Waals surface area contributed by atoms with Gasteiger partial charge in [0, 0.05) is 46.2 Å². The van der Waals surface area contributed by atoms with Gasteiger partial charge in [0.05, 0.1) is 17.2 Å². The Morgan fingerprint density at radius 1 is 0.833 bits per heavy atom. The first-order valence-corrected chi connectivity index (χ1v) is 13.1. The zero-order valence-electron chi connectivity index (χ0n) is 22.0. The summed E-state index contributed by atoms with van der Waals surface area (Å²) in [7, 11) is 0. The van der Waals surface area contributed by atoms with Crippen molar-refractivity contribution in [3.63, 3.8) is 0 Å². The topological polar surface area (TPSA) is 83.4 Å². The summed E-state index contributed by atoms with van der Waals surface area (Å²) in [4.78, 5) is 26.6. The third kappa shape index (κ3) is 8.00. The summed E-state index contributed by atoms with van der Waals surface area (Å²) in [6.07, 6.45) is 3.02. The number of hydrogen-bond acceptors (Lipinski definition) is 4. The maximum atomic E-state index is 13.0. The minimum absolute atomic E-state index is 0.132. The number of carbonyl (C=O) groups excluding carboxylic acids is 2. The highest BCUT2D eigenvalue weighted by Gasteiger charge is 2.22. The van der Waals surface area contributed by atoms with Gasteiger partial charge in [-0.05, 0) is 59.2 Å². The van der Waals surface area contributed by atoms with Crippen LogP contribution in [0, 0.1) is 0 Å². The molecule has 0 saturated heterocycles. The summed E-state index contributed by atoms with van der Waals surface area (Å²) in [5.74, 6) is 0.123. The third-order valence-corrected chi connectivity index (χ3v) is 6.39. The number of benzene rings is 2. The molecule has 3 rings (SSSR count). The van der Waals surface area contributed by atoms with Crippen LogP contribution in [-0.4, -0.2) is 44.4 Å². The summed E-state index contributed by atoms with van der Waals surface area (Å²) in [6, 6.07) is 17.2. The standard InChI is InChI=1S/C29H37N3O3S/c1-28(2,3)30-26(34)22-14-10-11-15-25(22)36-19-21(33)16-32-17-23(20-12-8-7-9-13-20)24(18-32)27(35)31-29(4,5)6/h7-15,17-18,21,33H,16,19H2,1-6H3,(H,30,34)(H,31,35). The molecule has 2 aromatic carbocycles. The van der Waals surface area contributed by atoms with Crippen molar-refractivity contribution in [2.24, 2.45) is 0 Å². The van der Waals surface area contributed by atoms with Crippen molar-refractivity contribution in [3.05, 3.63) is 78.1 Å². The van der Waals surface area contributed by atoms with Crippen molar-refractivity contribution in [3.8, 4) is 11.1 Å². The molecular weight excluding hydrogens is 470 g/mol. The number of nitrogens with one attached hydrogen (secondary N) is 2. The van der Waals surface area contributed by atoms with Crippen LogP contribution in [0.15, 0.2) is 71.9 Å². The predicted octanol–water partition coefficient (Wildman–Crippen LogP) is 5.36. The van der Waals surface area contributed by atoms with Crippen LogP contribution in [0.3, 0.4) is 0 Å². The van der Waals surface area contributed by atoms with E-state index >= 15 is 0 Å². The molecule has 6 nitrogen and oxygen atoms in total. The second-order valence-electron chi connectivity index (χ2n) is 11.0. The molecule has 2 amide bonds. The lowest BCUT2D eigenvalue weighted by molar-refractivity contribution is 0.0908. The number of thioether (sulfide) groups is 1. The third-order valence-electron chi connectivity index (χ3n) is 5.17. The first-order chi connectivity index (χ1) is 16.8. The number of hydrogen-bond donors (Lipinski definition) is 3. The van der Waals surface area contributed by atoms with Crippen LogP contribution in [0.1, 0.15) is 62.3 Å². The Labute approximate surface area is 218 Å². The first kappa shape index (κ1) is 27.6. The fourth-order valence-electron chi connectivity index (χ4n) is 3.72. The minimum atomic E-state index is -0.678. The molecule has 1 aromatic heterocycles. The molecule has 192 valence electrons. The lowest BCUT2D eigenvalue weighted by Gasteiger charge is -2.21. The van der Waals surface area contributed by atoms with Gasteiger partial charge in [0.25, 0.3) is 11.8 Å². The number of carbonyl (C=O) groups is 2. The maximum Gasteiger partial charge on any atom is 0.253 e.